The number of hydrogen-bond donors (Lipinski definition) is 1. The molecule has 2 aromatic rings. The van der Waals surface area contributed by atoms with Crippen molar-refractivity contribution in [1.29, 1.82) is 0 Å². The minimum absolute atomic E-state index is 0.592. The van der Waals surface area contributed by atoms with E-state index in [0.717, 1.165) is 17.3 Å². The second-order valence-corrected chi connectivity index (χ2v) is 6.50. The first-order chi connectivity index (χ1) is 10.3. The third-order valence-corrected chi connectivity index (χ3v) is 5.03. The van der Waals surface area contributed by atoms with Gasteiger partial charge in [-0.25, -0.2) is 9.97 Å². The number of hydrogen-bond acceptors (Lipinski definition) is 4. The molecule has 2 aromatic heterocycles. The van der Waals surface area contributed by atoms with Crippen LogP contribution in [0.4, 0.5) is 5.82 Å². The Hall–Kier alpha value is -1.24. The molecule has 1 N–H and O–H groups in total. The number of pyridine rings is 1. The number of anilines is 1. The first kappa shape index (κ1) is 14.7. The topological polar surface area (TPSA) is 50.7 Å². The van der Waals surface area contributed by atoms with Crippen LogP contribution in [0, 0.1) is 3.57 Å². The van der Waals surface area contributed by atoms with Crippen molar-refractivity contribution in [3.63, 3.8) is 0 Å². The van der Waals surface area contributed by atoms with E-state index < -0.39 is 0 Å². The SMILES string of the molecule is CNc1nc(Cc2ccccn2)nc(C2CCCC2)c1I. The van der Waals surface area contributed by atoms with Crippen molar-refractivity contribution in [3.8, 4) is 0 Å². The van der Waals surface area contributed by atoms with Crippen LogP contribution in [0.1, 0.15) is 48.8 Å². The molecule has 1 aliphatic rings. The average Bonchev–Trinajstić information content (AvgIpc) is 3.04. The second kappa shape index (κ2) is 6.68. The van der Waals surface area contributed by atoms with Crippen LogP contribution in [0.2, 0.25) is 0 Å². The van der Waals surface area contributed by atoms with E-state index in [4.69, 9.17) is 4.98 Å². The van der Waals surface area contributed by atoms with Crippen LogP contribution in [0.5, 0.6) is 0 Å². The molecule has 1 saturated carbocycles. The van der Waals surface area contributed by atoms with E-state index >= 15 is 0 Å². The monoisotopic (exact) mass is 394 g/mol. The summed E-state index contributed by atoms with van der Waals surface area (Å²) in [6.07, 6.45) is 7.63. The van der Waals surface area contributed by atoms with Gasteiger partial charge in [-0.05, 0) is 47.6 Å². The summed E-state index contributed by atoms with van der Waals surface area (Å²) in [4.78, 5) is 13.9. The Morgan fingerprint density at radius 2 is 2.05 bits per heavy atom. The summed E-state index contributed by atoms with van der Waals surface area (Å²) < 4.78 is 1.17. The number of nitrogens with zero attached hydrogens (tertiary/aromatic N) is 3. The molecule has 0 saturated heterocycles. The quantitative estimate of drug-likeness (QED) is 0.803. The summed E-state index contributed by atoms with van der Waals surface area (Å²) in [5, 5.41) is 3.21. The molecule has 1 aliphatic carbocycles. The van der Waals surface area contributed by atoms with Gasteiger partial charge in [-0.15, -0.1) is 0 Å². The lowest BCUT2D eigenvalue weighted by Gasteiger charge is -2.15. The van der Waals surface area contributed by atoms with Crippen molar-refractivity contribution < 1.29 is 0 Å². The van der Waals surface area contributed by atoms with Crippen LogP contribution in [0.25, 0.3) is 0 Å². The number of nitrogens with one attached hydrogen (secondary N) is 1. The van der Waals surface area contributed by atoms with Gasteiger partial charge in [-0.1, -0.05) is 18.9 Å². The van der Waals surface area contributed by atoms with Crippen molar-refractivity contribution in [2.24, 2.45) is 0 Å². The highest BCUT2D eigenvalue weighted by atomic mass is 127. The molecule has 0 atom stereocenters. The lowest BCUT2D eigenvalue weighted by Crippen LogP contribution is -2.10. The molecule has 110 valence electrons. The van der Waals surface area contributed by atoms with E-state index in [0.29, 0.717) is 12.3 Å². The maximum Gasteiger partial charge on any atom is 0.143 e. The Bertz CT molecular complexity index is 609. The van der Waals surface area contributed by atoms with E-state index in [2.05, 4.69) is 37.9 Å². The molecule has 0 aliphatic heterocycles. The first-order valence-corrected chi connectivity index (χ1v) is 8.49. The van der Waals surface area contributed by atoms with Crippen LogP contribution in [-0.2, 0) is 6.42 Å². The van der Waals surface area contributed by atoms with E-state index in [1.54, 1.807) is 0 Å². The summed E-state index contributed by atoms with van der Waals surface area (Å²) in [6.45, 7) is 0. The highest BCUT2D eigenvalue weighted by Crippen LogP contribution is 2.36. The van der Waals surface area contributed by atoms with Gasteiger partial charge in [-0.2, -0.15) is 0 Å². The van der Waals surface area contributed by atoms with Gasteiger partial charge in [0.15, 0.2) is 0 Å². The molecule has 0 amide bonds. The normalized spacial score (nSPS) is 15.3. The van der Waals surface area contributed by atoms with Crippen molar-refractivity contribution in [2.75, 3.05) is 12.4 Å². The van der Waals surface area contributed by atoms with Gasteiger partial charge in [-0.3, -0.25) is 4.98 Å². The van der Waals surface area contributed by atoms with E-state index in [-0.39, 0.29) is 0 Å². The van der Waals surface area contributed by atoms with Gasteiger partial charge >= 0.3 is 0 Å². The van der Waals surface area contributed by atoms with Crippen molar-refractivity contribution in [2.45, 2.75) is 38.0 Å². The van der Waals surface area contributed by atoms with Crippen LogP contribution < -0.4 is 5.32 Å². The maximum absolute atomic E-state index is 4.86. The molecule has 0 spiro atoms. The van der Waals surface area contributed by atoms with Crippen LogP contribution in [0.15, 0.2) is 24.4 Å². The third kappa shape index (κ3) is 3.33. The molecule has 0 aromatic carbocycles. The summed E-state index contributed by atoms with van der Waals surface area (Å²) in [5.41, 5.74) is 2.23. The van der Waals surface area contributed by atoms with Crippen molar-refractivity contribution in [1.82, 2.24) is 15.0 Å². The van der Waals surface area contributed by atoms with Crippen molar-refractivity contribution in [3.05, 3.63) is 45.2 Å². The van der Waals surface area contributed by atoms with Crippen LogP contribution in [-0.4, -0.2) is 22.0 Å². The predicted molar refractivity (Wildman–Crippen MR) is 92.5 cm³/mol. The Morgan fingerprint density at radius 3 is 2.71 bits per heavy atom. The third-order valence-electron chi connectivity index (χ3n) is 3.97. The number of aromatic nitrogens is 3. The van der Waals surface area contributed by atoms with E-state index in [9.17, 15) is 0 Å². The zero-order valence-corrected chi connectivity index (χ0v) is 14.3. The molecule has 4 nitrogen and oxygen atoms in total. The summed E-state index contributed by atoms with van der Waals surface area (Å²) in [7, 11) is 1.92. The Morgan fingerprint density at radius 1 is 1.24 bits per heavy atom. The average molecular weight is 394 g/mol. The fourth-order valence-corrected chi connectivity index (χ4v) is 3.84. The number of halogens is 1. The molecule has 2 heterocycles. The van der Waals surface area contributed by atoms with Gasteiger partial charge in [0.05, 0.1) is 15.7 Å². The highest BCUT2D eigenvalue weighted by Gasteiger charge is 2.23. The molecule has 3 rings (SSSR count). The smallest absolute Gasteiger partial charge is 0.143 e. The van der Waals surface area contributed by atoms with Gasteiger partial charge in [0.1, 0.15) is 11.6 Å². The minimum Gasteiger partial charge on any atom is -0.372 e. The highest BCUT2D eigenvalue weighted by molar-refractivity contribution is 14.1. The van der Waals surface area contributed by atoms with Crippen LogP contribution in [0.3, 0.4) is 0 Å². The molecule has 0 bridgehead atoms. The van der Waals surface area contributed by atoms with Gasteiger partial charge in [0.25, 0.3) is 0 Å². The molecule has 21 heavy (non-hydrogen) atoms. The lowest BCUT2D eigenvalue weighted by atomic mass is 10.0. The standard InChI is InChI=1S/C16H19IN4/c1-18-16-14(17)15(11-6-2-3-7-11)20-13(21-16)10-12-8-4-5-9-19-12/h4-5,8-9,11H,2-3,6-7,10H2,1H3,(H,18,20,21). The summed E-state index contributed by atoms with van der Waals surface area (Å²) >= 11 is 2.38. The summed E-state index contributed by atoms with van der Waals surface area (Å²) in [6, 6.07) is 5.96. The number of rotatable bonds is 4. The Labute approximate surface area is 139 Å². The molecular formula is C16H19IN4. The Kier molecular flexibility index (Phi) is 4.67. The van der Waals surface area contributed by atoms with E-state index in [1.165, 1.54) is 34.9 Å². The molecule has 5 heteroatoms. The first-order valence-electron chi connectivity index (χ1n) is 7.42. The molecular weight excluding hydrogens is 375 g/mol. The minimum atomic E-state index is 0.592. The van der Waals surface area contributed by atoms with Gasteiger partial charge in [0, 0.05) is 24.9 Å². The maximum atomic E-state index is 4.86. The largest absolute Gasteiger partial charge is 0.372 e. The molecule has 1 fully saturated rings. The lowest BCUT2D eigenvalue weighted by molar-refractivity contribution is 0.680. The predicted octanol–water partition coefficient (Wildman–Crippen LogP) is 3.77. The Balaban J connectivity index is 1.95. The fraction of sp³-hybridized carbons (Fsp3) is 0.438. The second-order valence-electron chi connectivity index (χ2n) is 5.42. The summed E-state index contributed by atoms with van der Waals surface area (Å²) in [5.74, 6) is 2.40. The van der Waals surface area contributed by atoms with E-state index in [1.807, 2.05) is 31.4 Å². The fourth-order valence-electron chi connectivity index (χ4n) is 2.89. The van der Waals surface area contributed by atoms with Gasteiger partial charge < -0.3 is 5.32 Å². The molecule has 0 unspecified atom stereocenters. The molecule has 0 radical (unpaired) electrons. The van der Waals surface area contributed by atoms with Crippen LogP contribution >= 0.6 is 22.6 Å². The van der Waals surface area contributed by atoms with Crippen molar-refractivity contribution >= 4 is 28.4 Å². The van der Waals surface area contributed by atoms with Gasteiger partial charge in [0.2, 0.25) is 0 Å². The zero-order chi connectivity index (χ0) is 14.7. The zero-order valence-electron chi connectivity index (χ0n) is 12.1.